The van der Waals surface area contributed by atoms with E-state index in [0.717, 1.165) is 13.0 Å². The van der Waals surface area contributed by atoms with E-state index in [4.69, 9.17) is 0 Å². The molecular weight excluding hydrogens is 238 g/mol. The Hall–Kier alpha value is -0.600. The van der Waals surface area contributed by atoms with E-state index >= 15 is 0 Å². The second kappa shape index (κ2) is 6.53. The van der Waals surface area contributed by atoms with Crippen LogP contribution in [0.2, 0.25) is 0 Å². The van der Waals surface area contributed by atoms with Gasteiger partial charge in [-0.15, -0.1) is 17.9 Å². The van der Waals surface area contributed by atoms with Crippen molar-refractivity contribution in [1.29, 1.82) is 0 Å². The summed E-state index contributed by atoms with van der Waals surface area (Å²) in [6.07, 6.45) is 7.80. The van der Waals surface area contributed by atoms with Gasteiger partial charge in [0.05, 0.1) is 0 Å². The Kier molecular flexibility index (Phi) is 5.02. The van der Waals surface area contributed by atoms with Crippen LogP contribution >= 0.6 is 11.3 Å². The van der Waals surface area contributed by atoms with Crippen LogP contribution in [0.5, 0.6) is 0 Å². The van der Waals surface area contributed by atoms with Crippen LogP contribution in [0, 0.1) is 0 Å². The van der Waals surface area contributed by atoms with Gasteiger partial charge in [-0.05, 0) is 57.2 Å². The Morgan fingerprint density at radius 1 is 1.39 bits per heavy atom. The molecule has 1 heterocycles. The third kappa shape index (κ3) is 3.46. The molecule has 1 unspecified atom stereocenters. The molecule has 0 radical (unpaired) electrons. The summed E-state index contributed by atoms with van der Waals surface area (Å²) in [5, 5.41) is 3.60. The van der Waals surface area contributed by atoms with Crippen LogP contribution < -0.4 is 5.32 Å². The van der Waals surface area contributed by atoms with Gasteiger partial charge in [0.15, 0.2) is 0 Å². The molecule has 0 saturated carbocycles. The number of hydrogen-bond acceptors (Lipinski definition) is 2. The van der Waals surface area contributed by atoms with E-state index < -0.39 is 0 Å². The molecule has 0 bridgehead atoms. The average molecular weight is 263 g/mol. The fourth-order valence-corrected chi connectivity index (χ4v) is 4.06. The van der Waals surface area contributed by atoms with E-state index in [9.17, 15) is 0 Å². The fraction of sp³-hybridized carbons (Fsp3) is 0.625. The van der Waals surface area contributed by atoms with E-state index in [1.165, 1.54) is 42.6 Å². The van der Waals surface area contributed by atoms with Crippen molar-refractivity contribution in [2.75, 3.05) is 6.54 Å². The van der Waals surface area contributed by atoms with E-state index in [2.05, 4.69) is 31.8 Å². The quantitative estimate of drug-likeness (QED) is 0.603. The average Bonchev–Trinajstić information content (AvgIpc) is 2.60. The molecule has 1 aliphatic rings. The van der Waals surface area contributed by atoms with Crippen LogP contribution in [0.25, 0.3) is 0 Å². The van der Waals surface area contributed by atoms with Crippen molar-refractivity contribution in [3.63, 3.8) is 0 Å². The lowest BCUT2D eigenvalue weighted by atomic mass is 10.1. The van der Waals surface area contributed by atoms with Gasteiger partial charge in [0.1, 0.15) is 0 Å². The molecule has 1 N–H and O–H groups in total. The molecule has 2 rings (SSSR count). The third-order valence-electron chi connectivity index (χ3n) is 3.61. The van der Waals surface area contributed by atoms with Crippen LogP contribution in [-0.4, -0.2) is 6.54 Å². The maximum Gasteiger partial charge on any atom is 0.0452 e. The number of thiophene rings is 1. The van der Waals surface area contributed by atoms with Crippen molar-refractivity contribution in [3.8, 4) is 0 Å². The summed E-state index contributed by atoms with van der Waals surface area (Å²) in [4.78, 5) is 3.17. The van der Waals surface area contributed by atoms with Crippen molar-refractivity contribution in [2.24, 2.45) is 0 Å². The molecule has 0 aromatic carbocycles. The predicted molar refractivity (Wildman–Crippen MR) is 81.4 cm³/mol. The van der Waals surface area contributed by atoms with Gasteiger partial charge >= 0.3 is 0 Å². The summed E-state index contributed by atoms with van der Waals surface area (Å²) < 4.78 is 0. The van der Waals surface area contributed by atoms with Gasteiger partial charge in [-0.2, -0.15) is 0 Å². The second-order valence-corrected chi connectivity index (χ2v) is 6.60. The van der Waals surface area contributed by atoms with Crippen LogP contribution in [-0.2, 0) is 12.8 Å². The molecule has 0 saturated heterocycles. The Morgan fingerprint density at radius 3 is 2.89 bits per heavy atom. The second-order valence-electron chi connectivity index (χ2n) is 5.43. The van der Waals surface area contributed by atoms with Crippen molar-refractivity contribution in [3.05, 3.63) is 33.5 Å². The van der Waals surface area contributed by atoms with Crippen LogP contribution in [0.15, 0.2) is 18.2 Å². The van der Waals surface area contributed by atoms with E-state index in [0.29, 0.717) is 6.04 Å². The minimum absolute atomic E-state index is 0.476. The van der Waals surface area contributed by atoms with Crippen molar-refractivity contribution in [2.45, 2.75) is 58.4 Å². The highest BCUT2D eigenvalue weighted by Crippen LogP contribution is 2.34. The zero-order valence-corrected chi connectivity index (χ0v) is 12.5. The minimum atomic E-state index is 0.476. The van der Waals surface area contributed by atoms with Gasteiger partial charge in [-0.1, -0.05) is 18.9 Å². The minimum Gasteiger partial charge on any atom is -0.309 e. The van der Waals surface area contributed by atoms with Crippen molar-refractivity contribution in [1.82, 2.24) is 5.32 Å². The molecule has 18 heavy (non-hydrogen) atoms. The lowest BCUT2D eigenvalue weighted by Gasteiger charge is -2.16. The normalized spacial score (nSPS) is 17.0. The van der Waals surface area contributed by atoms with Crippen LogP contribution in [0.1, 0.15) is 60.9 Å². The zero-order chi connectivity index (χ0) is 13.0. The summed E-state index contributed by atoms with van der Waals surface area (Å²) in [7, 11) is 0. The van der Waals surface area contributed by atoms with E-state index in [-0.39, 0.29) is 0 Å². The molecule has 0 aliphatic heterocycles. The molecule has 1 aliphatic carbocycles. The van der Waals surface area contributed by atoms with Crippen molar-refractivity contribution < 1.29 is 0 Å². The van der Waals surface area contributed by atoms with Crippen molar-refractivity contribution >= 4 is 11.3 Å². The lowest BCUT2D eigenvalue weighted by molar-refractivity contribution is 0.556. The van der Waals surface area contributed by atoms with Gasteiger partial charge in [0.2, 0.25) is 0 Å². The Balaban J connectivity index is 2.17. The molecule has 2 heteroatoms. The van der Waals surface area contributed by atoms with Gasteiger partial charge < -0.3 is 5.32 Å². The topological polar surface area (TPSA) is 12.0 Å². The zero-order valence-electron chi connectivity index (χ0n) is 11.7. The van der Waals surface area contributed by atoms with E-state index in [1.807, 2.05) is 11.3 Å². The molecule has 1 nitrogen and oxygen atoms in total. The highest BCUT2D eigenvalue weighted by molar-refractivity contribution is 7.12. The molecule has 0 spiro atoms. The number of rotatable bonds is 5. The number of hydrogen-bond donors (Lipinski definition) is 1. The Labute approximate surface area is 115 Å². The van der Waals surface area contributed by atoms with E-state index in [1.54, 1.807) is 10.4 Å². The maximum absolute atomic E-state index is 4.06. The molecule has 100 valence electrons. The van der Waals surface area contributed by atoms with Crippen LogP contribution in [0.3, 0.4) is 0 Å². The molecular formula is C16H25NS. The molecule has 1 atom stereocenters. The Bertz CT molecular complexity index is 382. The number of fused-ring (bicyclic) bond motifs is 1. The first-order chi connectivity index (χ1) is 8.70. The highest BCUT2D eigenvalue weighted by atomic mass is 32.1. The third-order valence-corrected chi connectivity index (χ3v) is 4.96. The van der Waals surface area contributed by atoms with Gasteiger partial charge in [0, 0.05) is 15.8 Å². The van der Waals surface area contributed by atoms with Gasteiger partial charge in [-0.3, -0.25) is 0 Å². The first-order valence-electron chi connectivity index (χ1n) is 7.20. The first kappa shape index (κ1) is 13.8. The molecule has 1 aromatic heterocycles. The largest absolute Gasteiger partial charge is 0.309 e. The molecule has 1 aromatic rings. The highest BCUT2D eigenvalue weighted by Gasteiger charge is 2.17. The maximum atomic E-state index is 4.06. The van der Waals surface area contributed by atoms with Gasteiger partial charge in [0.25, 0.3) is 0 Å². The molecule has 0 amide bonds. The standard InChI is InChI=1S/C16H25NS/c1-4-17-14(10-12(2)3)16-11-13-8-6-5-7-9-15(13)18-16/h11,14,17H,2,4-10H2,1,3H3. The summed E-state index contributed by atoms with van der Waals surface area (Å²) in [5.74, 6) is 0. The number of nitrogens with one attached hydrogen (secondary N) is 1. The predicted octanol–water partition coefficient (Wildman–Crippen LogP) is 4.63. The number of aryl methyl sites for hydroxylation is 2. The van der Waals surface area contributed by atoms with Gasteiger partial charge in [-0.25, -0.2) is 0 Å². The SMILES string of the molecule is C=C(C)CC(NCC)c1cc2c(s1)CCCCC2. The first-order valence-corrected chi connectivity index (χ1v) is 8.01. The summed E-state index contributed by atoms with van der Waals surface area (Å²) in [6.45, 7) is 9.40. The lowest BCUT2D eigenvalue weighted by Crippen LogP contribution is -2.20. The smallest absolute Gasteiger partial charge is 0.0452 e. The summed E-state index contributed by atoms with van der Waals surface area (Å²) in [6, 6.07) is 2.94. The fourth-order valence-electron chi connectivity index (χ4n) is 2.73. The monoisotopic (exact) mass is 263 g/mol. The molecule has 0 fully saturated rings. The van der Waals surface area contributed by atoms with Crippen LogP contribution in [0.4, 0.5) is 0 Å². The summed E-state index contributed by atoms with van der Waals surface area (Å²) >= 11 is 2.04. The summed E-state index contributed by atoms with van der Waals surface area (Å²) in [5.41, 5.74) is 2.89. The Morgan fingerprint density at radius 2 is 2.17 bits per heavy atom.